The Morgan fingerprint density at radius 3 is 2.38 bits per heavy atom. The molecule has 8 heteroatoms. The minimum Gasteiger partial charge on any atom is -0.494 e. The Hall–Kier alpha value is -1.83. The van der Waals surface area contributed by atoms with E-state index >= 15 is 0 Å². The highest BCUT2D eigenvalue weighted by Gasteiger charge is 2.40. The van der Waals surface area contributed by atoms with Crippen molar-refractivity contribution in [2.75, 3.05) is 39.5 Å². The quantitative estimate of drug-likeness (QED) is 0.726. The van der Waals surface area contributed by atoms with Crippen molar-refractivity contribution < 1.29 is 19.1 Å². The molecule has 0 aliphatic carbocycles. The van der Waals surface area contributed by atoms with Gasteiger partial charge in [0.2, 0.25) is 5.91 Å². The summed E-state index contributed by atoms with van der Waals surface area (Å²) in [6.07, 6.45) is 2.85. The predicted molar refractivity (Wildman–Crippen MR) is 113 cm³/mol. The molecule has 0 saturated carbocycles. The van der Waals surface area contributed by atoms with Crippen LogP contribution >= 0.6 is 12.4 Å². The summed E-state index contributed by atoms with van der Waals surface area (Å²) in [6, 6.07) is 7.34. The van der Waals surface area contributed by atoms with E-state index in [0.29, 0.717) is 57.9 Å². The number of carbonyl (C=O) groups is 2. The Morgan fingerprint density at radius 2 is 1.83 bits per heavy atom. The molecular weight excluding hydrogens is 394 g/mol. The lowest BCUT2D eigenvalue weighted by molar-refractivity contribution is -0.136. The minimum absolute atomic E-state index is 0. The van der Waals surface area contributed by atoms with E-state index in [1.807, 2.05) is 24.0 Å². The van der Waals surface area contributed by atoms with Crippen molar-refractivity contribution in [2.45, 2.75) is 38.6 Å². The van der Waals surface area contributed by atoms with Crippen LogP contribution in [0.4, 0.5) is 0 Å². The van der Waals surface area contributed by atoms with Gasteiger partial charge in [0.1, 0.15) is 5.75 Å². The van der Waals surface area contributed by atoms with E-state index in [9.17, 15) is 9.59 Å². The van der Waals surface area contributed by atoms with Crippen molar-refractivity contribution in [1.82, 2.24) is 10.2 Å². The number of halogens is 1. The summed E-state index contributed by atoms with van der Waals surface area (Å²) in [5.74, 6) is 0.827. The number of benzene rings is 1. The Kier molecular flexibility index (Phi) is 8.74. The number of piperidine rings is 1. The second kappa shape index (κ2) is 10.8. The van der Waals surface area contributed by atoms with Crippen LogP contribution in [-0.2, 0) is 9.53 Å². The van der Waals surface area contributed by atoms with Crippen molar-refractivity contribution in [3.05, 3.63) is 29.8 Å². The number of nitrogens with one attached hydrogen (secondary N) is 1. The fourth-order valence-corrected chi connectivity index (χ4v) is 3.89. The molecule has 0 atom stereocenters. The molecule has 2 amide bonds. The number of likely N-dealkylation sites (tertiary alicyclic amines) is 1. The molecule has 0 unspecified atom stereocenters. The first kappa shape index (κ1) is 23.4. The second-order valence-corrected chi connectivity index (χ2v) is 7.59. The highest BCUT2D eigenvalue weighted by molar-refractivity contribution is 5.94. The maximum atomic E-state index is 12.8. The van der Waals surface area contributed by atoms with E-state index in [4.69, 9.17) is 15.2 Å². The largest absolute Gasteiger partial charge is 0.494 e. The van der Waals surface area contributed by atoms with Crippen LogP contribution in [0.1, 0.15) is 43.0 Å². The number of hydrogen-bond donors (Lipinski definition) is 2. The topological polar surface area (TPSA) is 93.9 Å². The zero-order chi connectivity index (χ0) is 20.0. The molecule has 2 aliphatic rings. The first-order valence-electron chi connectivity index (χ1n) is 10.2. The molecule has 0 radical (unpaired) electrons. The Balaban J connectivity index is 0.00000300. The number of amides is 2. The number of ether oxygens (including phenoxy) is 2. The summed E-state index contributed by atoms with van der Waals surface area (Å²) in [5, 5.41) is 3.17. The lowest BCUT2D eigenvalue weighted by Crippen LogP contribution is -2.54. The number of nitrogens with two attached hydrogens (primary N) is 1. The zero-order valence-electron chi connectivity index (χ0n) is 17.0. The molecule has 2 aliphatic heterocycles. The Bertz CT molecular complexity index is 669. The molecule has 0 bridgehead atoms. The molecule has 2 heterocycles. The van der Waals surface area contributed by atoms with Gasteiger partial charge in [-0.2, -0.15) is 0 Å². The minimum atomic E-state index is -0.506. The fourth-order valence-electron chi connectivity index (χ4n) is 3.89. The molecule has 162 valence electrons. The summed E-state index contributed by atoms with van der Waals surface area (Å²) in [6.45, 7) is 5.31. The fraction of sp³-hybridized carbons (Fsp3) is 0.619. The molecule has 29 heavy (non-hydrogen) atoms. The maximum Gasteiger partial charge on any atom is 0.253 e. The van der Waals surface area contributed by atoms with Gasteiger partial charge in [-0.15, -0.1) is 12.4 Å². The van der Waals surface area contributed by atoms with Gasteiger partial charge in [0.25, 0.3) is 5.91 Å². The van der Waals surface area contributed by atoms with Crippen LogP contribution in [0, 0.1) is 5.41 Å². The van der Waals surface area contributed by atoms with Gasteiger partial charge in [-0.25, -0.2) is 0 Å². The lowest BCUT2D eigenvalue weighted by Gasteiger charge is -2.38. The Morgan fingerprint density at radius 1 is 1.21 bits per heavy atom. The van der Waals surface area contributed by atoms with Crippen LogP contribution in [0.3, 0.4) is 0 Å². The smallest absolute Gasteiger partial charge is 0.253 e. The van der Waals surface area contributed by atoms with Crippen molar-refractivity contribution >= 4 is 24.2 Å². The van der Waals surface area contributed by atoms with Crippen LogP contribution in [-0.4, -0.2) is 62.2 Å². The maximum absolute atomic E-state index is 12.8. The molecule has 1 aromatic carbocycles. The van der Waals surface area contributed by atoms with Crippen LogP contribution in [0.2, 0.25) is 0 Å². The van der Waals surface area contributed by atoms with Gasteiger partial charge in [0, 0.05) is 44.5 Å². The first-order valence-corrected chi connectivity index (χ1v) is 10.2. The molecule has 7 nitrogen and oxygen atoms in total. The summed E-state index contributed by atoms with van der Waals surface area (Å²) < 4.78 is 10.8. The summed E-state index contributed by atoms with van der Waals surface area (Å²) in [4.78, 5) is 27.4. The van der Waals surface area contributed by atoms with Crippen molar-refractivity contribution in [3.8, 4) is 5.75 Å². The van der Waals surface area contributed by atoms with E-state index in [0.717, 1.165) is 18.6 Å². The average Bonchev–Trinajstić information content (AvgIpc) is 2.75. The lowest BCUT2D eigenvalue weighted by atomic mass is 9.79. The summed E-state index contributed by atoms with van der Waals surface area (Å²) >= 11 is 0. The average molecular weight is 426 g/mol. The van der Waals surface area contributed by atoms with Crippen LogP contribution < -0.4 is 15.8 Å². The van der Waals surface area contributed by atoms with Crippen LogP contribution in [0.15, 0.2) is 24.3 Å². The van der Waals surface area contributed by atoms with Gasteiger partial charge in [-0.05, 0) is 56.9 Å². The van der Waals surface area contributed by atoms with Gasteiger partial charge in [0.15, 0.2) is 0 Å². The molecule has 3 N–H and O–H groups in total. The van der Waals surface area contributed by atoms with E-state index in [1.54, 1.807) is 12.1 Å². The third kappa shape index (κ3) is 5.62. The van der Waals surface area contributed by atoms with Crippen molar-refractivity contribution in [3.63, 3.8) is 0 Å². The third-order valence-corrected chi connectivity index (χ3v) is 5.85. The molecule has 2 fully saturated rings. The zero-order valence-corrected chi connectivity index (χ0v) is 17.8. The van der Waals surface area contributed by atoms with E-state index in [-0.39, 0.29) is 30.3 Å². The molecule has 2 saturated heterocycles. The van der Waals surface area contributed by atoms with Gasteiger partial charge >= 0.3 is 0 Å². The SMILES string of the molecule is CCOc1ccc(C(=O)N2CCC(NC(=O)C3(CN)CCOCC3)CC2)cc1.Cl. The summed E-state index contributed by atoms with van der Waals surface area (Å²) in [7, 11) is 0. The molecule has 1 aromatic rings. The van der Waals surface area contributed by atoms with Gasteiger partial charge in [-0.3, -0.25) is 9.59 Å². The van der Waals surface area contributed by atoms with Crippen molar-refractivity contribution in [1.29, 1.82) is 0 Å². The highest BCUT2D eigenvalue weighted by Crippen LogP contribution is 2.30. The third-order valence-electron chi connectivity index (χ3n) is 5.85. The van der Waals surface area contributed by atoms with E-state index in [1.165, 1.54) is 0 Å². The van der Waals surface area contributed by atoms with E-state index in [2.05, 4.69) is 5.32 Å². The number of nitrogens with zero attached hydrogens (tertiary/aromatic N) is 1. The van der Waals surface area contributed by atoms with E-state index < -0.39 is 5.41 Å². The number of hydrogen-bond acceptors (Lipinski definition) is 5. The van der Waals surface area contributed by atoms with Crippen molar-refractivity contribution in [2.24, 2.45) is 11.1 Å². The number of carbonyl (C=O) groups excluding carboxylic acids is 2. The van der Waals surface area contributed by atoms with Crippen LogP contribution in [0.5, 0.6) is 5.75 Å². The first-order chi connectivity index (χ1) is 13.6. The van der Waals surface area contributed by atoms with Crippen LogP contribution in [0.25, 0.3) is 0 Å². The monoisotopic (exact) mass is 425 g/mol. The van der Waals surface area contributed by atoms with Gasteiger partial charge < -0.3 is 25.4 Å². The molecular formula is C21H32ClN3O4. The Labute approximate surface area is 178 Å². The second-order valence-electron chi connectivity index (χ2n) is 7.59. The van der Waals surface area contributed by atoms with Gasteiger partial charge in [0.05, 0.1) is 12.0 Å². The predicted octanol–water partition coefficient (Wildman–Crippen LogP) is 1.98. The highest BCUT2D eigenvalue weighted by atomic mass is 35.5. The normalized spacial score (nSPS) is 19.2. The number of rotatable bonds is 6. The summed E-state index contributed by atoms with van der Waals surface area (Å²) in [5.41, 5.74) is 6.08. The molecule has 0 aromatic heterocycles. The standard InChI is InChI=1S/C21H31N3O4.ClH/c1-2-28-18-5-3-16(4-6-18)19(25)24-11-7-17(8-12-24)23-20(26)21(15-22)9-13-27-14-10-21;/h3-6,17H,2,7-15,22H2,1H3,(H,23,26);1H. The molecule has 0 spiro atoms. The molecule has 3 rings (SSSR count). The van der Waals surface area contributed by atoms with Gasteiger partial charge in [-0.1, -0.05) is 0 Å².